The maximum atomic E-state index is 11.3. The fourth-order valence-corrected chi connectivity index (χ4v) is 1.38. The van der Waals surface area contributed by atoms with Crippen molar-refractivity contribution in [3.8, 4) is 6.07 Å². The van der Waals surface area contributed by atoms with Crippen molar-refractivity contribution in [1.29, 1.82) is 5.26 Å². The number of nitrogens with zero attached hydrogens (tertiary/aromatic N) is 1. The van der Waals surface area contributed by atoms with E-state index >= 15 is 0 Å². The second kappa shape index (κ2) is 4.43. The first-order chi connectivity index (χ1) is 7.06. The van der Waals surface area contributed by atoms with Gasteiger partial charge in [-0.05, 0) is 31.5 Å². The maximum absolute atomic E-state index is 11.3. The van der Waals surface area contributed by atoms with Gasteiger partial charge in [0.25, 0.3) is 0 Å². The summed E-state index contributed by atoms with van der Waals surface area (Å²) < 4.78 is 0. The van der Waals surface area contributed by atoms with Crippen molar-refractivity contribution in [3.05, 3.63) is 41.2 Å². The van der Waals surface area contributed by atoms with E-state index < -0.39 is 0 Å². The molecule has 0 aliphatic heterocycles. The number of carbonyl (C=O) groups excluding carboxylic acids is 1. The van der Waals surface area contributed by atoms with E-state index in [0.717, 1.165) is 0 Å². The number of benzene rings is 1. The van der Waals surface area contributed by atoms with E-state index in [4.69, 9.17) is 5.26 Å². The summed E-state index contributed by atoms with van der Waals surface area (Å²) in [6.45, 7) is 2.86. The highest BCUT2D eigenvalue weighted by molar-refractivity contribution is 6.20. The first-order valence-corrected chi connectivity index (χ1v) is 4.47. The summed E-state index contributed by atoms with van der Waals surface area (Å²) in [5.41, 5.74) is 1.44. The zero-order valence-electron chi connectivity index (χ0n) is 8.61. The summed E-state index contributed by atoms with van der Waals surface area (Å²) in [5.74, 6) is -0.202. The van der Waals surface area contributed by atoms with Gasteiger partial charge in [0, 0.05) is 0 Å². The third-order valence-corrected chi connectivity index (χ3v) is 2.02. The van der Waals surface area contributed by atoms with Crippen LogP contribution in [0.4, 0.5) is 0 Å². The molecule has 0 aliphatic carbocycles. The molecule has 3 nitrogen and oxygen atoms in total. The topological polar surface area (TPSA) is 61.1 Å². The van der Waals surface area contributed by atoms with E-state index in [0.29, 0.717) is 16.7 Å². The third-order valence-electron chi connectivity index (χ3n) is 2.02. The third kappa shape index (κ3) is 2.44. The Morgan fingerprint density at radius 3 is 2.13 bits per heavy atom. The summed E-state index contributed by atoms with van der Waals surface area (Å²) in [6, 6.07) is 8.51. The molecule has 76 valence electrons. The molecule has 0 heterocycles. The molecule has 0 atom stereocenters. The van der Waals surface area contributed by atoms with Gasteiger partial charge in [0.1, 0.15) is 5.76 Å². The molecular weight excluding hydrogens is 190 g/mol. The molecule has 1 aromatic carbocycles. The van der Waals surface area contributed by atoms with E-state index in [-0.39, 0.29) is 11.5 Å². The fraction of sp³-hybridized carbons (Fsp3) is 0.167. The van der Waals surface area contributed by atoms with Crippen LogP contribution < -0.4 is 0 Å². The van der Waals surface area contributed by atoms with Crippen molar-refractivity contribution in [2.24, 2.45) is 0 Å². The Hall–Kier alpha value is -2.08. The summed E-state index contributed by atoms with van der Waals surface area (Å²) in [7, 11) is 0. The Morgan fingerprint density at radius 2 is 1.80 bits per heavy atom. The van der Waals surface area contributed by atoms with Crippen molar-refractivity contribution >= 4 is 11.4 Å². The first-order valence-electron chi connectivity index (χ1n) is 4.47. The van der Waals surface area contributed by atoms with Crippen LogP contribution in [0.5, 0.6) is 0 Å². The number of aliphatic hydroxyl groups excluding tert-OH is 1. The minimum Gasteiger partial charge on any atom is -0.512 e. The molecule has 0 amide bonds. The lowest BCUT2D eigenvalue weighted by molar-refractivity contribution is -0.111. The quantitative estimate of drug-likeness (QED) is 0.590. The second-order valence-electron chi connectivity index (χ2n) is 3.21. The van der Waals surface area contributed by atoms with Gasteiger partial charge >= 0.3 is 0 Å². The number of nitriles is 1. The maximum Gasteiger partial charge on any atom is 0.163 e. The van der Waals surface area contributed by atoms with Crippen LogP contribution in [-0.2, 0) is 4.79 Å². The average Bonchev–Trinajstić information content (AvgIpc) is 2.18. The Morgan fingerprint density at radius 1 is 1.27 bits per heavy atom. The molecule has 0 aliphatic rings. The monoisotopic (exact) mass is 201 g/mol. The fourth-order valence-electron chi connectivity index (χ4n) is 1.38. The Bertz CT molecular complexity index is 446. The standard InChI is InChI=1S/C12H11NO2/c1-8(14)12(9(2)15)11-5-3-10(7-13)4-6-11/h3-6,14H,1-2H3/b12-8+. The number of aliphatic hydroxyl groups is 1. The number of carbonyl (C=O) groups is 1. The molecule has 0 saturated carbocycles. The van der Waals surface area contributed by atoms with Gasteiger partial charge in [-0.3, -0.25) is 4.79 Å². The van der Waals surface area contributed by atoms with Gasteiger partial charge in [-0.1, -0.05) is 12.1 Å². The van der Waals surface area contributed by atoms with Crippen molar-refractivity contribution < 1.29 is 9.90 Å². The predicted octanol–water partition coefficient (Wildman–Crippen LogP) is 2.44. The molecule has 0 unspecified atom stereocenters. The molecule has 0 fully saturated rings. The lowest BCUT2D eigenvalue weighted by atomic mass is 10.0. The van der Waals surface area contributed by atoms with Gasteiger partial charge in [0.2, 0.25) is 0 Å². The highest BCUT2D eigenvalue weighted by Crippen LogP contribution is 2.18. The summed E-state index contributed by atoms with van der Waals surface area (Å²) >= 11 is 0. The molecule has 0 radical (unpaired) electrons. The predicted molar refractivity (Wildman–Crippen MR) is 57.1 cm³/mol. The van der Waals surface area contributed by atoms with Crippen LogP contribution in [0.1, 0.15) is 25.0 Å². The van der Waals surface area contributed by atoms with Crippen LogP contribution in [0.25, 0.3) is 5.57 Å². The second-order valence-corrected chi connectivity index (χ2v) is 3.21. The lowest BCUT2D eigenvalue weighted by Gasteiger charge is -2.04. The Labute approximate surface area is 88.3 Å². The van der Waals surface area contributed by atoms with Gasteiger partial charge < -0.3 is 5.11 Å². The highest BCUT2D eigenvalue weighted by Gasteiger charge is 2.10. The zero-order valence-corrected chi connectivity index (χ0v) is 8.61. The largest absolute Gasteiger partial charge is 0.512 e. The smallest absolute Gasteiger partial charge is 0.163 e. The van der Waals surface area contributed by atoms with E-state index in [1.165, 1.54) is 13.8 Å². The van der Waals surface area contributed by atoms with Crippen molar-refractivity contribution in [1.82, 2.24) is 0 Å². The molecule has 1 aromatic rings. The molecule has 0 bridgehead atoms. The van der Waals surface area contributed by atoms with Gasteiger partial charge in [-0.15, -0.1) is 0 Å². The van der Waals surface area contributed by atoms with Gasteiger partial charge in [-0.25, -0.2) is 0 Å². The number of Topliss-reactive ketones (excluding diaryl/α,β-unsaturated/α-hetero) is 1. The number of hydrogen-bond acceptors (Lipinski definition) is 3. The van der Waals surface area contributed by atoms with Gasteiger partial charge in [-0.2, -0.15) is 5.26 Å². The lowest BCUT2D eigenvalue weighted by Crippen LogP contribution is -1.99. The highest BCUT2D eigenvalue weighted by atomic mass is 16.3. The van der Waals surface area contributed by atoms with Crippen LogP contribution in [-0.4, -0.2) is 10.9 Å². The Balaban J connectivity index is 3.22. The van der Waals surface area contributed by atoms with Crippen LogP contribution >= 0.6 is 0 Å². The van der Waals surface area contributed by atoms with Crippen LogP contribution in [0.15, 0.2) is 30.0 Å². The molecule has 15 heavy (non-hydrogen) atoms. The summed E-state index contributed by atoms with van der Waals surface area (Å²) in [5, 5.41) is 18.0. The van der Waals surface area contributed by atoms with E-state index in [2.05, 4.69) is 0 Å². The van der Waals surface area contributed by atoms with Crippen LogP contribution in [0.2, 0.25) is 0 Å². The average molecular weight is 201 g/mol. The van der Waals surface area contributed by atoms with Crippen LogP contribution in [0, 0.1) is 11.3 Å². The van der Waals surface area contributed by atoms with Crippen LogP contribution in [0.3, 0.4) is 0 Å². The SMILES string of the molecule is CC(=O)/C(=C(/C)O)c1ccc(C#N)cc1. The minimum absolute atomic E-state index is 0.00722. The number of allylic oxidation sites excluding steroid dienone is 2. The molecule has 3 heteroatoms. The first kappa shape index (κ1) is 11.0. The summed E-state index contributed by atoms with van der Waals surface area (Å²) in [4.78, 5) is 11.3. The zero-order chi connectivity index (χ0) is 11.4. The molecule has 0 aromatic heterocycles. The number of rotatable bonds is 2. The molecule has 0 saturated heterocycles. The van der Waals surface area contributed by atoms with Gasteiger partial charge in [0.15, 0.2) is 5.78 Å². The molecule has 1 rings (SSSR count). The molecular formula is C12H11NO2. The van der Waals surface area contributed by atoms with Crippen molar-refractivity contribution in [3.63, 3.8) is 0 Å². The number of ketones is 1. The van der Waals surface area contributed by atoms with Crippen molar-refractivity contribution in [2.45, 2.75) is 13.8 Å². The van der Waals surface area contributed by atoms with E-state index in [1.807, 2.05) is 6.07 Å². The van der Waals surface area contributed by atoms with Gasteiger partial charge in [0.05, 0.1) is 17.2 Å². The summed E-state index contributed by atoms with van der Waals surface area (Å²) in [6.07, 6.45) is 0. The molecule has 1 N–H and O–H groups in total. The van der Waals surface area contributed by atoms with Crippen molar-refractivity contribution in [2.75, 3.05) is 0 Å². The molecule has 0 spiro atoms. The minimum atomic E-state index is -0.195. The van der Waals surface area contributed by atoms with E-state index in [9.17, 15) is 9.90 Å². The Kier molecular flexibility index (Phi) is 3.25. The van der Waals surface area contributed by atoms with E-state index in [1.54, 1.807) is 24.3 Å². The number of hydrogen-bond donors (Lipinski definition) is 1. The normalized spacial score (nSPS) is 11.5.